The first kappa shape index (κ1) is 28.9. The van der Waals surface area contributed by atoms with Crippen molar-refractivity contribution in [2.45, 2.75) is 38.8 Å². The smallest absolute Gasteiger partial charge is 0.548 e. The molecule has 0 saturated carbocycles. The summed E-state index contributed by atoms with van der Waals surface area (Å²) in [4.78, 5) is 41.8. The third-order valence-electron chi connectivity index (χ3n) is 2.55. The summed E-state index contributed by atoms with van der Waals surface area (Å²) in [6.07, 6.45) is 4.56. The van der Waals surface area contributed by atoms with Crippen molar-refractivity contribution in [3.63, 3.8) is 0 Å². The number of carbonyl (C=O) groups excluding carboxylic acids is 4. The number of carbonyl (C=O) groups is 4. The van der Waals surface area contributed by atoms with E-state index in [1.165, 1.54) is 37.4 Å². The zero-order chi connectivity index (χ0) is 19.1. The van der Waals surface area contributed by atoms with Crippen LogP contribution in [0.25, 0.3) is 0 Å². The molecule has 0 aromatic heterocycles. The summed E-state index contributed by atoms with van der Waals surface area (Å²) in [7, 11) is 0. The average molecular weight is 444 g/mol. The first-order chi connectivity index (χ1) is 11.1. The minimum Gasteiger partial charge on any atom is -0.548 e. The molecule has 2 atom stereocenters. The van der Waals surface area contributed by atoms with Crippen LogP contribution >= 0.6 is 23.5 Å². The molecule has 11 heteroatoms. The average Bonchev–Trinajstić information content (AvgIpc) is 2.47. The summed E-state index contributed by atoms with van der Waals surface area (Å²) < 4.78 is 0. The van der Waals surface area contributed by atoms with Crippen LogP contribution in [-0.2, 0) is 36.2 Å². The molecule has 0 saturated heterocycles. The first-order valence-electron chi connectivity index (χ1n) is 7.09. The van der Waals surface area contributed by atoms with E-state index >= 15 is 0 Å². The predicted octanol–water partition coefficient (Wildman–Crippen LogP) is -2.01. The quantitative estimate of drug-likeness (QED) is 0.369. The molecule has 0 rings (SSSR count). The monoisotopic (exact) mass is 443 g/mol. The summed E-state index contributed by atoms with van der Waals surface area (Å²) in [5.74, 6) is -1.74. The molecular formula is C14H24CuN2O6S2. The van der Waals surface area contributed by atoms with Crippen molar-refractivity contribution in [3.8, 4) is 0 Å². The minimum absolute atomic E-state index is 0. The molecule has 0 aliphatic heterocycles. The van der Waals surface area contributed by atoms with Gasteiger partial charge < -0.3 is 30.4 Å². The Bertz CT molecular complexity index is 388. The van der Waals surface area contributed by atoms with Crippen LogP contribution in [0.4, 0.5) is 0 Å². The van der Waals surface area contributed by atoms with Crippen LogP contribution in [0, 0.1) is 0 Å². The molecule has 0 aliphatic carbocycles. The van der Waals surface area contributed by atoms with Crippen LogP contribution in [0.3, 0.4) is 0 Å². The maximum Gasteiger partial charge on any atom is 2.00 e. The van der Waals surface area contributed by atoms with Crippen molar-refractivity contribution in [2.75, 3.05) is 24.0 Å². The van der Waals surface area contributed by atoms with Crippen molar-refractivity contribution >= 4 is 47.3 Å². The fraction of sp³-hybridized carbons (Fsp3) is 0.714. The third kappa shape index (κ3) is 19.3. The molecule has 0 unspecified atom stereocenters. The van der Waals surface area contributed by atoms with E-state index in [9.17, 15) is 29.4 Å². The Morgan fingerprint density at radius 3 is 1.24 bits per heavy atom. The van der Waals surface area contributed by atoms with Gasteiger partial charge in [-0.15, -0.1) is 0 Å². The van der Waals surface area contributed by atoms with E-state index in [1.807, 2.05) is 12.5 Å². The van der Waals surface area contributed by atoms with Gasteiger partial charge in [0.15, 0.2) is 0 Å². The van der Waals surface area contributed by atoms with E-state index < -0.39 is 24.0 Å². The van der Waals surface area contributed by atoms with E-state index in [4.69, 9.17) is 0 Å². The third-order valence-corrected chi connectivity index (χ3v) is 3.83. The van der Waals surface area contributed by atoms with Crippen LogP contribution in [0.1, 0.15) is 26.7 Å². The van der Waals surface area contributed by atoms with Gasteiger partial charge in [-0.05, 0) is 36.9 Å². The molecule has 2 N–H and O–H groups in total. The normalized spacial score (nSPS) is 11.7. The fourth-order valence-corrected chi connectivity index (χ4v) is 2.40. The molecule has 1 radical (unpaired) electrons. The molecule has 0 aromatic carbocycles. The summed E-state index contributed by atoms with van der Waals surface area (Å²) in [5.41, 5.74) is 0. The second-order valence-electron chi connectivity index (χ2n) is 4.71. The van der Waals surface area contributed by atoms with Crippen molar-refractivity contribution in [1.82, 2.24) is 10.6 Å². The van der Waals surface area contributed by atoms with Gasteiger partial charge in [0.05, 0.1) is 24.0 Å². The van der Waals surface area contributed by atoms with Crippen LogP contribution in [0.2, 0.25) is 0 Å². The Hall–Kier alpha value is -0.901. The summed E-state index contributed by atoms with van der Waals surface area (Å²) in [6, 6.07) is -1.70. The Balaban J connectivity index is -0.000000372. The number of carboxylic acids is 2. The van der Waals surface area contributed by atoms with Gasteiger partial charge in [0, 0.05) is 13.8 Å². The minimum atomic E-state index is -1.22. The number of hydrogen-bond donors (Lipinski definition) is 2. The number of aliphatic carboxylic acids is 2. The molecule has 0 aromatic rings. The first-order valence-corrected chi connectivity index (χ1v) is 9.88. The Kier molecular flexibility index (Phi) is 20.7. The zero-order valence-corrected chi connectivity index (χ0v) is 17.1. The molecule has 0 aliphatic rings. The molecule has 0 spiro atoms. The van der Waals surface area contributed by atoms with Gasteiger partial charge in [0.25, 0.3) is 0 Å². The van der Waals surface area contributed by atoms with Crippen LogP contribution in [0.15, 0.2) is 0 Å². The van der Waals surface area contributed by atoms with Crippen molar-refractivity contribution < 1.29 is 46.5 Å². The number of amides is 2. The molecule has 0 fully saturated rings. The number of nitrogens with one attached hydrogen (secondary N) is 2. The van der Waals surface area contributed by atoms with E-state index in [0.29, 0.717) is 24.3 Å². The Labute approximate surface area is 167 Å². The van der Waals surface area contributed by atoms with Gasteiger partial charge in [-0.3, -0.25) is 9.59 Å². The van der Waals surface area contributed by atoms with Gasteiger partial charge in [-0.2, -0.15) is 23.5 Å². The van der Waals surface area contributed by atoms with Gasteiger partial charge in [-0.25, -0.2) is 0 Å². The van der Waals surface area contributed by atoms with Gasteiger partial charge in [0.2, 0.25) is 11.8 Å². The fourth-order valence-electron chi connectivity index (χ4n) is 1.46. The van der Waals surface area contributed by atoms with Crippen molar-refractivity contribution in [1.29, 1.82) is 0 Å². The van der Waals surface area contributed by atoms with Gasteiger partial charge in [-0.1, -0.05) is 0 Å². The largest absolute Gasteiger partial charge is 2.00 e. The number of hydrogen-bond acceptors (Lipinski definition) is 8. The maximum atomic E-state index is 10.5. The Morgan fingerprint density at radius 2 is 1.08 bits per heavy atom. The molecule has 25 heavy (non-hydrogen) atoms. The maximum absolute atomic E-state index is 10.5. The summed E-state index contributed by atoms with van der Waals surface area (Å²) >= 11 is 3.06. The predicted molar refractivity (Wildman–Crippen MR) is 91.2 cm³/mol. The molecule has 149 valence electrons. The summed E-state index contributed by atoms with van der Waals surface area (Å²) in [6.45, 7) is 2.57. The molecule has 0 bridgehead atoms. The van der Waals surface area contributed by atoms with Crippen LogP contribution in [0.5, 0.6) is 0 Å². The number of carboxylic acid groups (broad SMARTS) is 2. The number of thioether (sulfide) groups is 2. The van der Waals surface area contributed by atoms with Gasteiger partial charge >= 0.3 is 17.1 Å². The van der Waals surface area contributed by atoms with E-state index in [-0.39, 0.29) is 28.9 Å². The van der Waals surface area contributed by atoms with E-state index in [0.717, 1.165) is 0 Å². The Morgan fingerprint density at radius 1 is 0.800 bits per heavy atom. The SMILES string of the molecule is CSCC[C@H](NC(C)=O)C(=O)[O-].CSCC[C@H](NC(C)=O)C(=O)[O-].[Cu+2]. The van der Waals surface area contributed by atoms with Gasteiger partial charge in [0.1, 0.15) is 0 Å². The second-order valence-corrected chi connectivity index (χ2v) is 6.68. The number of rotatable bonds is 10. The van der Waals surface area contributed by atoms with Crippen LogP contribution < -0.4 is 20.8 Å². The van der Waals surface area contributed by atoms with Crippen molar-refractivity contribution in [3.05, 3.63) is 0 Å². The summed E-state index contributed by atoms with van der Waals surface area (Å²) in [5, 5.41) is 25.4. The molecule has 8 nitrogen and oxygen atoms in total. The molecule has 0 heterocycles. The van der Waals surface area contributed by atoms with Crippen LogP contribution in [-0.4, -0.2) is 59.9 Å². The van der Waals surface area contributed by atoms with E-state index in [1.54, 1.807) is 0 Å². The molecular weight excluding hydrogens is 420 g/mol. The zero-order valence-electron chi connectivity index (χ0n) is 14.6. The topological polar surface area (TPSA) is 138 Å². The second kappa shape index (κ2) is 17.9. The van der Waals surface area contributed by atoms with E-state index in [2.05, 4.69) is 10.6 Å². The molecule has 2 amide bonds. The van der Waals surface area contributed by atoms with Crippen molar-refractivity contribution in [2.24, 2.45) is 0 Å². The standard InChI is InChI=1S/2C7H13NO3S.Cu/c2*1-5(9)8-6(7(10)11)3-4-12-2;/h2*6H,3-4H2,1-2H3,(H,8,9)(H,10,11);/q;;+2/p-2/t2*6-;/m00./s1.